The van der Waals surface area contributed by atoms with Gasteiger partial charge in [0.25, 0.3) is 5.56 Å². The molecule has 0 aliphatic heterocycles. The van der Waals surface area contributed by atoms with Crippen molar-refractivity contribution in [1.29, 1.82) is 0 Å². The number of amides is 2. The summed E-state index contributed by atoms with van der Waals surface area (Å²) in [5, 5.41) is 25.0. The highest BCUT2D eigenvalue weighted by Gasteiger charge is 2.21. The van der Waals surface area contributed by atoms with Gasteiger partial charge in [-0.3, -0.25) is 9.59 Å². The van der Waals surface area contributed by atoms with Gasteiger partial charge < -0.3 is 25.4 Å². The van der Waals surface area contributed by atoms with Gasteiger partial charge in [0.1, 0.15) is 5.75 Å². The lowest BCUT2D eigenvalue weighted by molar-refractivity contribution is -0.137. The summed E-state index contributed by atoms with van der Waals surface area (Å²) in [6, 6.07) is 12.6. The molecule has 0 saturated heterocycles. The molecule has 3 rings (SSSR count). The van der Waals surface area contributed by atoms with Crippen LogP contribution in [0.4, 0.5) is 10.5 Å². The fraction of sp³-hybridized carbons (Fsp3) is 0.174. The summed E-state index contributed by atoms with van der Waals surface area (Å²) in [4.78, 5) is 36.3. The molecular formula is C23H22ClN3O5. The summed E-state index contributed by atoms with van der Waals surface area (Å²) in [6.07, 6.45) is 1.06. The van der Waals surface area contributed by atoms with Gasteiger partial charge in [-0.25, -0.2) is 4.79 Å². The van der Waals surface area contributed by atoms with Gasteiger partial charge in [-0.2, -0.15) is 0 Å². The Labute approximate surface area is 189 Å². The minimum Gasteiger partial charge on any atom is -0.505 e. The predicted molar refractivity (Wildman–Crippen MR) is 122 cm³/mol. The molecule has 1 heterocycles. The number of hydrogen-bond donors (Lipinski definition) is 4. The molecule has 2 amide bonds. The molecule has 0 aliphatic rings. The monoisotopic (exact) mass is 455 g/mol. The van der Waals surface area contributed by atoms with Crippen molar-refractivity contribution in [1.82, 2.24) is 9.88 Å². The Kier molecular flexibility index (Phi) is 6.85. The first-order valence-electron chi connectivity index (χ1n) is 9.70. The van der Waals surface area contributed by atoms with Crippen LogP contribution in [0, 0.1) is 6.92 Å². The molecule has 0 spiro atoms. The average molecular weight is 456 g/mol. The van der Waals surface area contributed by atoms with Gasteiger partial charge in [0.05, 0.1) is 12.5 Å². The number of rotatable bonds is 6. The zero-order valence-corrected chi connectivity index (χ0v) is 18.2. The molecule has 0 fully saturated rings. The molecule has 1 unspecified atom stereocenters. The molecule has 32 heavy (non-hydrogen) atoms. The van der Waals surface area contributed by atoms with E-state index in [0.29, 0.717) is 16.1 Å². The van der Waals surface area contributed by atoms with Crippen LogP contribution in [0.2, 0.25) is 5.02 Å². The molecule has 3 aromatic rings. The highest BCUT2D eigenvalue weighted by molar-refractivity contribution is 6.30. The van der Waals surface area contributed by atoms with Crippen LogP contribution in [0.1, 0.15) is 23.6 Å². The van der Waals surface area contributed by atoms with E-state index in [-0.39, 0.29) is 17.9 Å². The topological polar surface area (TPSA) is 121 Å². The van der Waals surface area contributed by atoms with Crippen molar-refractivity contribution in [2.45, 2.75) is 19.4 Å². The van der Waals surface area contributed by atoms with Gasteiger partial charge in [-0.05, 0) is 41.8 Å². The number of carboxylic acid groups (broad SMARTS) is 1. The summed E-state index contributed by atoms with van der Waals surface area (Å²) < 4.78 is 1.23. The van der Waals surface area contributed by atoms with E-state index < -0.39 is 23.6 Å². The molecule has 8 nitrogen and oxygen atoms in total. The number of aryl methyl sites for hydroxylation is 2. The van der Waals surface area contributed by atoms with Crippen molar-refractivity contribution in [2.75, 3.05) is 5.32 Å². The molecule has 0 aliphatic carbocycles. The van der Waals surface area contributed by atoms with Gasteiger partial charge in [0.15, 0.2) is 5.69 Å². The van der Waals surface area contributed by atoms with E-state index in [9.17, 15) is 24.6 Å². The Bertz CT molecular complexity index is 1220. The first-order chi connectivity index (χ1) is 15.2. The molecule has 1 aromatic heterocycles. The number of aromatic nitrogens is 1. The minimum absolute atomic E-state index is 0.283. The quantitative estimate of drug-likeness (QED) is 0.446. The van der Waals surface area contributed by atoms with Gasteiger partial charge in [-0.15, -0.1) is 0 Å². The van der Waals surface area contributed by atoms with E-state index in [1.807, 2.05) is 18.2 Å². The Morgan fingerprint density at radius 1 is 1.12 bits per heavy atom. The van der Waals surface area contributed by atoms with Crippen molar-refractivity contribution < 1.29 is 19.8 Å². The number of carbonyl (C=O) groups is 2. The number of aromatic hydroxyl groups is 1. The van der Waals surface area contributed by atoms with Crippen LogP contribution in [0.25, 0.3) is 11.1 Å². The molecule has 0 saturated carbocycles. The fourth-order valence-electron chi connectivity index (χ4n) is 3.31. The summed E-state index contributed by atoms with van der Waals surface area (Å²) >= 11 is 5.94. The minimum atomic E-state index is -1.11. The van der Waals surface area contributed by atoms with Crippen molar-refractivity contribution in [2.24, 2.45) is 7.05 Å². The molecule has 4 N–H and O–H groups in total. The van der Waals surface area contributed by atoms with Crippen LogP contribution in [0.5, 0.6) is 5.75 Å². The number of anilines is 1. The summed E-state index contributed by atoms with van der Waals surface area (Å²) in [5.74, 6) is -1.45. The normalized spacial score (nSPS) is 11.6. The largest absolute Gasteiger partial charge is 0.505 e. The number of carboxylic acids is 1. The smallest absolute Gasteiger partial charge is 0.319 e. The number of nitrogens with zero attached hydrogens (tertiary/aromatic N) is 1. The van der Waals surface area contributed by atoms with Crippen molar-refractivity contribution in [3.05, 3.63) is 81.2 Å². The first kappa shape index (κ1) is 22.9. The maximum absolute atomic E-state index is 12.6. The maximum atomic E-state index is 12.6. The van der Waals surface area contributed by atoms with E-state index in [1.165, 1.54) is 17.8 Å². The summed E-state index contributed by atoms with van der Waals surface area (Å²) in [5.41, 5.74) is 1.79. The maximum Gasteiger partial charge on any atom is 0.319 e. The highest BCUT2D eigenvalue weighted by atomic mass is 35.5. The predicted octanol–water partition coefficient (Wildman–Crippen LogP) is 4.06. The number of benzene rings is 2. The second kappa shape index (κ2) is 9.57. The number of urea groups is 1. The van der Waals surface area contributed by atoms with Crippen LogP contribution in [-0.4, -0.2) is 26.8 Å². The van der Waals surface area contributed by atoms with Crippen molar-refractivity contribution in [3.63, 3.8) is 0 Å². The van der Waals surface area contributed by atoms with Crippen LogP contribution in [0.3, 0.4) is 0 Å². The summed E-state index contributed by atoms with van der Waals surface area (Å²) in [6.45, 7) is 1.59. The molecule has 166 valence electrons. The Morgan fingerprint density at radius 2 is 1.81 bits per heavy atom. The SMILES string of the molecule is Cc1cn(C)c(=O)c(NC(=O)NC(CC(=O)O)c2cccc(-c3ccc(Cl)cc3)c2)c1O. The van der Waals surface area contributed by atoms with E-state index >= 15 is 0 Å². The fourth-order valence-corrected chi connectivity index (χ4v) is 3.44. The Morgan fingerprint density at radius 3 is 2.47 bits per heavy atom. The molecule has 0 bridgehead atoms. The van der Waals surface area contributed by atoms with Gasteiger partial charge in [0, 0.05) is 23.8 Å². The van der Waals surface area contributed by atoms with Crippen LogP contribution in [-0.2, 0) is 11.8 Å². The second-order valence-corrected chi connectivity index (χ2v) is 7.77. The molecular weight excluding hydrogens is 434 g/mol. The number of nitrogens with one attached hydrogen (secondary N) is 2. The van der Waals surface area contributed by atoms with E-state index in [4.69, 9.17) is 11.6 Å². The third kappa shape index (κ3) is 5.28. The number of pyridine rings is 1. The van der Waals surface area contributed by atoms with Gasteiger partial charge in [-0.1, -0.05) is 41.9 Å². The molecule has 9 heteroatoms. The van der Waals surface area contributed by atoms with E-state index in [2.05, 4.69) is 10.6 Å². The molecule has 2 aromatic carbocycles. The first-order valence-corrected chi connectivity index (χ1v) is 10.1. The zero-order valence-electron chi connectivity index (χ0n) is 17.4. The Balaban J connectivity index is 1.87. The zero-order chi connectivity index (χ0) is 23.4. The number of hydrogen-bond acceptors (Lipinski definition) is 4. The Hall–Kier alpha value is -3.78. The number of aliphatic carboxylic acids is 1. The number of halogens is 1. The van der Waals surface area contributed by atoms with Crippen LogP contribution in [0.15, 0.2) is 59.5 Å². The van der Waals surface area contributed by atoms with E-state index in [1.54, 1.807) is 37.3 Å². The third-order valence-corrected chi connectivity index (χ3v) is 5.17. The standard InChI is InChI=1S/C23H22ClN3O5/c1-13-12-27(2)22(31)20(21(13)30)26-23(32)25-18(11-19(28)29)16-5-3-4-15(10-16)14-6-8-17(24)9-7-14/h3-10,12,18,30H,11H2,1-2H3,(H,28,29)(H2,25,26,32). The second-order valence-electron chi connectivity index (χ2n) is 7.33. The van der Waals surface area contributed by atoms with E-state index in [0.717, 1.165) is 11.1 Å². The third-order valence-electron chi connectivity index (χ3n) is 4.92. The number of carbonyl (C=O) groups excluding carboxylic acids is 1. The van der Waals surface area contributed by atoms with Crippen LogP contribution >= 0.6 is 11.6 Å². The molecule has 1 atom stereocenters. The van der Waals surface area contributed by atoms with Gasteiger partial charge >= 0.3 is 12.0 Å². The lowest BCUT2D eigenvalue weighted by atomic mass is 9.98. The van der Waals surface area contributed by atoms with Crippen molar-refractivity contribution in [3.8, 4) is 16.9 Å². The highest BCUT2D eigenvalue weighted by Crippen LogP contribution is 2.27. The molecule has 0 radical (unpaired) electrons. The van der Waals surface area contributed by atoms with Crippen molar-refractivity contribution >= 4 is 29.3 Å². The van der Waals surface area contributed by atoms with Crippen LogP contribution < -0.4 is 16.2 Å². The summed E-state index contributed by atoms with van der Waals surface area (Å²) in [7, 11) is 1.49. The lowest BCUT2D eigenvalue weighted by Gasteiger charge is -2.19. The van der Waals surface area contributed by atoms with Gasteiger partial charge in [0.2, 0.25) is 0 Å². The lowest BCUT2D eigenvalue weighted by Crippen LogP contribution is -2.36. The average Bonchev–Trinajstić information content (AvgIpc) is 2.75.